The van der Waals surface area contributed by atoms with Crippen molar-refractivity contribution in [3.8, 4) is 0 Å². The van der Waals surface area contributed by atoms with E-state index in [1.165, 1.54) is 18.2 Å². The number of nitrogens with one attached hydrogen (secondary N) is 2. The molecule has 1 heterocycles. The number of nitrogens with zero attached hydrogens (tertiary/aromatic N) is 1. The Bertz CT molecular complexity index is 1160. The third-order valence-corrected chi connectivity index (χ3v) is 5.03. The van der Waals surface area contributed by atoms with Gasteiger partial charge >= 0.3 is 5.97 Å². The van der Waals surface area contributed by atoms with Gasteiger partial charge in [-0.1, -0.05) is 30.3 Å². The van der Waals surface area contributed by atoms with Gasteiger partial charge in [-0.2, -0.15) is 0 Å². The number of furan rings is 1. The van der Waals surface area contributed by atoms with Gasteiger partial charge in [0.25, 0.3) is 17.7 Å². The number of carbonyl (C=O) groups is 4. The maximum atomic E-state index is 12.7. The number of carbonyl (C=O) groups excluding carboxylic acids is 4. The van der Waals surface area contributed by atoms with Gasteiger partial charge in [0.2, 0.25) is 0 Å². The predicted molar refractivity (Wildman–Crippen MR) is 125 cm³/mol. The summed E-state index contributed by atoms with van der Waals surface area (Å²) in [6.07, 6.45) is 1.50. The number of aliphatic hydroxyl groups excluding tert-OH is 1. The van der Waals surface area contributed by atoms with E-state index in [1.54, 1.807) is 66.7 Å². The maximum absolute atomic E-state index is 12.7. The molecule has 1 atom stereocenters. The predicted octanol–water partition coefficient (Wildman–Crippen LogP) is 1.51. The molecule has 3 aromatic rings. The SMILES string of the molecule is CN(C(=O)COC(=O)C(CO)NC(=O)c1ccccc1)c1ccccc1C(=O)NCc1ccco1. The number of aliphatic hydroxyl groups is 1. The molecule has 10 heteroatoms. The van der Waals surface area contributed by atoms with Crippen LogP contribution >= 0.6 is 0 Å². The van der Waals surface area contributed by atoms with Crippen molar-refractivity contribution in [1.29, 1.82) is 0 Å². The number of hydrogen-bond acceptors (Lipinski definition) is 7. The minimum Gasteiger partial charge on any atom is -0.467 e. The lowest BCUT2D eigenvalue weighted by Gasteiger charge is -2.21. The molecule has 0 aliphatic rings. The van der Waals surface area contributed by atoms with Crippen molar-refractivity contribution >= 4 is 29.4 Å². The quantitative estimate of drug-likeness (QED) is 0.375. The molecule has 3 amide bonds. The first-order valence-corrected chi connectivity index (χ1v) is 10.7. The average molecular weight is 479 g/mol. The zero-order valence-corrected chi connectivity index (χ0v) is 19.0. The monoisotopic (exact) mass is 479 g/mol. The van der Waals surface area contributed by atoms with Crippen LogP contribution in [0.15, 0.2) is 77.4 Å². The van der Waals surface area contributed by atoms with E-state index in [0.29, 0.717) is 17.0 Å². The Labute approximate surface area is 201 Å². The van der Waals surface area contributed by atoms with E-state index in [2.05, 4.69) is 10.6 Å². The molecular weight excluding hydrogens is 454 g/mol. The second kappa shape index (κ2) is 12.1. The van der Waals surface area contributed by atoms with Crippen LogP contribution in [-0.2, 0) is 20.9 Å². The molecule has 1 unspecified atom stereocenters. The second-order valence-corrected chi connectivity index (χ2v) is 7.41. The van der Waals surface area contributed by atoms with Gasteiger partial charge in [0.05, 0.1) is 30.7 Å². The lowest BCUT2D eigenvalue weighted by molar-refractivity contribution is -0.150. The number of para-hydroxylation sites is 1. The Morgan fingerprint density at radius 2 is 1.69 bits per heavy atom. The molecule has 3 rings (SSSR count). The van der Waals surface area contributed by atoms with E-state index in [0.717, 1.165) is 0 Å². The maximum Gasteiger partial charge on any atom is 0.331 e. The third-order valence-electron chi connectivity index (χ3n) is 5.03. The summed E-state index contributed by atoms with van der Waals surface area (Å²) in [4.78, 5) is 51.1. The van der Waals surface area contributed by atoms with Gasteiger partial charge < -0.3 is 29.8 Å². The van der Waals surface area contributed by atoms with E-state index >= 15 is 0 Å². The summed E-state index contributed by atoms with van der Waals surface area (Å²) in [5.41, 5.74) is 0.850. The van der Waals surface area contributed by atoms with Gasteiger partial charge in [-0.25, -0.2) is 4.79 Å². The molecule has 0 saturated heterocycles. The highest BCUT2D eigenvalue weighted by molar-refractivity contribution is 6.05. The Hall–Kier alpha value is -4.44. The molecule has 0 radical (unpaired) electrons. The summed E-state index contributed by atoms with van der Waals surface area (Å²) in [6, 6.07) is 16.7. The summed E-state index contributed by atoms with van der Waals surface area (Å²) in [6.45, 7) is -1.19. The van der Waals surface area contributed by atoms with Gasteiger partial charge in [0, 0.05) is 12.6 Å². The highest BCUT2D eigenvalue weighted by atomic mass is 16.5. The minimum absolute atomic E-state index is 0.173. The fraction of sp³-hybridized carbons (Fsp3) is 0.200. The lowest BCUT2D eigenvalue weighted by Crippen LogP contribution is -2.45. The van der Waals surface area contributed by atoms with Gasteiger partial charge in [0.15, 0.2) is 12.6 Å². The molecule has 0 fully saturated rings. The van der Waals surface area contributed by atoms with Crippen LogP contribution < -0.4 is 15.5 Å². The van der Waals surface area contributed by atoms with E-state index in [9.17, 15) is 24.3 Å². The van der Waals surface area contributed by atoms with Crippen molar-refractivity contribution in [2.45, 2.75) is 12.6 Å². The molecule has 0 aliphatic heterocycles. The molecule has 10 nitrogen and oxygen atoms in total. The third kappa shape index (κ3) is 6.78. The second-order valence-electron chi connectivity index (χ2n) is 7.41. The molecule has 3 N–H and O–H groups in total. The molecule has 0 spiro atoms. The van der Waals surface area contributed by atoms with Gasteiger partial charge in [0.1, 0.15) is 5.76 Å². The number of benzene rings is 2. The Morgan fingerprint density at radius 3 is 2.37 bits per heavy atom. The first kappa shape index (κ1) is 25.2. The van der Waals surface area contributed by atoms with Crippen molar-refractivity contribution in [3.63, 3.8) is 0 Å². The largest absolute Gasteiger partial charge is 0.467 e. The number of amides is 3. The Morgan fingerprint density at radius 1 is 0.971 bits per heavy atom. The summed E-state index contributed by atoms with van der Waals surface area (Å²) in [5.74, 6) is -2.00. The Kier molecular flexibility index (Phi) is 8.74. The van der Waals surface area contributed by atoms with Crippen LogP contribution in [0.25, 0.3) is 0 Å². The Balaban J connectivity index is 1.58. The molecule has 1 aromatic heterocycles. The van der Waals surface area contributed by atoms with Crippen molar-refractivity contribution in [1.82, 2.24) is 10.6 Å². The van der Waals surface area contributed by atoms with Gasteiger partial charge in [-0.15, -0.1) is 0 Å². The van der Waals surface area contributed by atoms with Gasteiger partial charge in [-0.3, -0.25) is 14.4 Å². The van der Waals surface area contributed by atoms with Crippen LogP contribution in [0.1, 0.15) is 26.5 Å². The zero-order valence-electron chi connectivity index (χ0n) is 19.0. The number of likely N-dealkylation sites (N-methyl/N-ethyl adjacent to an activating group) is 1. The van der Waals surface area contributed by atoms with Crippen LogP contribution in [-0.4, -0.2) is 55.1 Å². The fourth-order valence-electron chi connectivity index (χ4n) is 3.11. The fourth-order valence-corrected chi connectivity index (χ4v) is 3.11. The number of hydrogen-bond donors (Lipinski definition) is 3. The van der Waals surface area contributed by atoms with Crippen LogP contribution in [0.4, 0.5) is 5.69 Å². The van der Waals surface area contributed by atoms with Crippen LogP contribution in [0.5, 0.6) is 0 Å². The number of rotatable bonds is 10. The molecule has 0 saturated carbocycles. The first-order chi connectivity index (χ1) is 16.9. The van der Waals surface area contributed by atoms with Crippen LogP contribution in [0.2, 0.25) is 0 Å². The topological polar surface area (TPSA) is 138 Å². The highest BCUT2D eigenvalue weighted by Gasteiger charge is 2.25. The zero-order chi connectivity index (χ0) is 25.2. The molecule has 0 bridgehead atoms. The van der Waals surface area contributed by atoms with Crippen molar-refractivity contribution in [3.05, 3.63) is 89.9 Å². The summed E-state index contributed by atoms with van der Waals surface area (Å²) >= 11 is 0. The standard InChI is InChI=1S/C25H25N3O7/c1-28(21-12-6-5-11-19(21)24(32)26-14-18-10-7-13-34-18)22(30)16-35-25(33)20(15-29)27-23(31)17-8-3-2-4-9-17/h2-13,20,29H,14-16H2,1H3,(H,26,32)(H,27,31). The van der Waals surface area contributed by atoms with Crippen LogP contribution in [0, 0.1) is 0 Å². The lowest BCUT2D eigenvalue weighted by atomic mass is 10.1. The smallest absolute Gasteiger partial charge is 0.331 e. The van der Waals surface area contributed by atoms with E-state index in [-0.39, 0.29) is 12.1 Å². The van der Waals surface area contributed by atoms with E-state index in [4.69, 9.17) is 9.15 Å². The number of ether oxygens (including phenoxy) is 1. The number of esters is 1. The molecule has 0 aliphatic carbocycles. The molecule has 35 heavy (non-hydrogen) atoms. The minimum atomic E-state index is -1.35. The number of anilines is 1. The van der Waals surface area contributed by atoms with Gasteiger partial charge in [-0.05, 0) is 36.4 Å². The van der Waals surface area contributed by atoms with Crippen LogP contribution in [0.3, 0.4) is 0 Å². The molecular formula is C25H25N3O7. The molecule has 2 aromatic carbocycles. The summed E-state index contributed by atoms with van der Waals surface area (Å²) in [5, 5.41) is 14.6. The molecule has 182 valence electrons. The first-order valence-electron chi connectivity index (χ1n) is 10.7. The van der Waals surface area contributed by atoms with Crippen molar-refractivity contribution in [2.24, 2.45) is 0 Å². The summed E-state index contributed by atoms with van der Waals surface area (Å²) < 4.78 is 10.2. The average Bonchev–Trinajstić information content (AvgIpc) is 3.42. The highest BCUT2D eigenvalue weighted by Crippen LogP contribution is 2.19. The van der Waals surface area contributed by atoms with Crippen molar-refractivity contribution < 1.29 is 33.4 Å². The normalized spacial score (nSPS) is 11.3. The van der Waals surface area contributed by atoms with E-state index < -0.39 is 42.9 Å². The summed E-state index contributed by atoms with van der Waals surface area (Å²) in [7, 11) is 1.44. The van der Waals surface area contributed by atoms with E-state index in [1.807, 2.05) is 0 Å². The van der Waals surface area contributed by atoms with Crippen molar-refractivity contribution in [2.75, 3.05) is 25.2 Å².